The van der Waals surface area contributed by atoms with Crippen LogP contribution in [0.4, 0.5) is 5.82 Å². The van der Waals surface area contributed by atoms with Crippen molar-refractivity contribution in [1.29, 1.82) is 0 Å². The Bertz CT molecular complexity index is 1340. The number of aromatic nitrogens is 3. The number of pyridine rings is 1. The number of nitrogens with one attached hydrogen (secondary N) is 2. The summed E-state index contributed by atoms with van der Waals surface area (Å²) >= 11 is 1.80. The topological polar surface area (TPSA) is 117 Å². The summed E-state index contributed by atoms with van der Waals surface area (Å²) in [4.78, 5) is 14.7. The van der Waals surface area contributed by atoms with E-state index in [1.807, 2.05) is 12.3 Å². The summed E-state index contributed by atoms with van der Waals surface area (Å²) in [6.45, 7) is 2.32. The highest BCUT2D eigenvalue weighted by Gasteiger charge is 2.14. The fourth-order valence-electron chi connectivity index (χ4n) is 3.49. The molecule has 3 heterocycles. The number of rotatable bonds is 5. The van der Waals surface area contributed by atoms with E-state index in [1.54, 1.807) is 17.5 Å². The number of carbonyl (C=O) groups is 1. The molecule has 0 amide bonds. The van der Waals surface area contributed by atoms with Gasteiger partial charge in [-0.2, -0.15) is 5.10 Å². The molecular formula is C24H23N5O2S. The van der Waals surface area contributed by atoms with Crippen molar-refractivity contribution >= 4 is 44.1 Å². The SMILES string of the molecule is CC(=O)O.NCCNc1ncccc1-c1cc(-c2cc3ccccc3s2)c2[nH]ncc2c1. The van der Waals surface area contributed by atoms with Gasteiger partial charge in [0.25, 0.3) is 5.97 Å². The molecule has 0 saturated carbocycles. The highest BCUT2D eigenvalue weighted by Crippen LogP contribution is 2.39. The first-order chi connectivity index (χ1) is 15.6. The molecule has 0 fully saturated rings. The number of thiophene rings is 1. The maximum atomic E-state index is 9.00. The third-order valence-corrected chi connectivity index (χ3v) is 5.94. The molecule has 0 unspecified atom stereocenters. The highest BCUT2D eigenvalue weighted by molar-refractivity contribution is 7.22. The van der Waals surface area contributed by atoms with E-state index in [0.717, 1.165) is 40.3 Å². The van der Waals surface area contributed by atoms with Crippen LogP contribution in [-0.2, 0) is 4.79 Å². The van der Waals surface area contributed by atoms with Gasteiger partial charge in [-0.15, -0.1) is 11.3 Å². The van der Waals surface area contributed by atoms with E-state index < -0.39 is 5.97 Å². The smallest absolute Gasteiger partial charge is 0.300 e. The quantitative estimate of drug-likeness (QED) is 0.303. The number of carboxylic acids is 1. The Kier molecular flexibility index (Phi) is 6.44. The molecule has 2 aromatic carbocycles. The van der Waals surface area contributed by atoms with Gasteiger partial charge in [0.15, 0.2) is 0 Å². The molecule has 7 nitrogen and oxygen atoms in total. The van der Waals surface area contributed by atoms with E-state index in [1.165, 1.54) is 15.0 Å². The molecule has 0 spiro atoms. The monoisotopic (exact) mass is 445 g/mol. The van der Waals surface area contributed by atoms with E-state index in [0.29, 0.717) is 13.1 Å². The average Bonchev–Trinajstić information content (AvgIpc) is 3.43. The van der Waals surface area contributed by atoms with Gasteiger partial charge in [-0.05, 0) is 47.3 Å². The van der Waals surface area contributed by atoms with Gasteiger partial charge in [0.1, 0.15) is 5.82 Å². The number of aromatic amines is 1. The second-order valence-corrected chi connectivity index (χ2v) is 8.22. The molecule has 0 aliphatic carbocycles. The van der Waals surface area contributed by atoms with Gasteiger partial charge < -0.3 is 16.2 Å². The number of nitrogens with two attached hydrogens (primary N) is 1. The molecule has 0 aliphatic rings. The number of nitrogens with zero attached hydrogens (tertiary/aromatic N) is 2. The van der Waals surface area contributed by atoms with Crippen molar-refractivity contribution in [2.45, 2.75) is 6.92 Å². The fourth-order valence-corrected chi connectivity index (χ4v) is 4.58. The Morgan fingerprint density at radius 3 is 2.72 bits per heavy atom. The van der Waals surface area contributed by atoms with Crippen molar-refractivity contribution in [2.75, 3.05) is 18.4 Å². The van der Waals surface area contributed by atoms with Crippen molar-refractivity contribution in [3.8, 4) is 21.6 Å². The minimum absolute atomic E-state index is 0.559. The van der Waals surface area contributed by atoms with Crippen molar-refractivity contribution in [3.63, 3.8) is 0 Å². The minimum Gasteiger partial charge on any atom is -0.481 e. The van der Waals surface area contributed by atoms with Crippen molar-refractivity contribution in [3.05, 3.63) is 67.0 Å². The predicted octanol–water partition coefficient (Wildman–Crippen LogP) is 4.97. The molecule has 0 saturated heterocycles. The Morgan fingerprint density at radius 2 is 1.94 bits per heavy atom. The zero-order chi connectivity index (χ0) is 22.5. The van der Waals surface area contributed by atoms with Crippen LogP contribution in [-0.4, -0.2) is 39.3 Å². The number of benzene rings is 2. The number of anilines is 1. The molecule has 5 rings (SSSR count). The zero-order valence-electron chi connectivity index (χ0n) is 17.5. The average molecular weight is 446 g/mol. The lowest BCUT2D eigenvalue weighted by molar-refractivity contribution is -0.134. The standard InChI is InChI=1S/C22H19N5S.C2H4O2/c23-7-9-25-22-17(5-3-8-24-22)15-10-16-13-26-27-21(16)18(11-15)20-12-14-4-1-2-6-19(14)28-20;1-2(3)4/h1-6,8,10-13H,7,9,23H2,(H,24,25)(H,26,27);1H3,(H,3,4). The third-order valence-electron chi connectivity index (χ3n) is 4.80. The first-order valence-electron chi connectivity index (χ1n) is 10.1. The number of hydrogen-bond acceptors (Lipinski definition) is 6. The summed E-state index contributed by atoms with van der Waals surface area (Å²) in [6.07, 6.45) is 3.67. The number of aliphatic carboxylic acids is 1. The maximum Gasteiger partial charge on any atom is 0.300 e. The number of fused-ring (bicyclic) bond motifs is 2. The fraction of sp³-hybridized carbons (Fsp3) is 0.125. The van der Waals surface area contributed by atoms with Crippen LogP contribution < -0.4 is 11.1 Å². The summed E-state index contributed by atoms with van der Waals surface area (Å²) < 4.78 is 1.28. The van der Waals surface area contributed by atoms with Crippen molar-refractivity contribution in [1.82, 2.24) is 15.2 Å². The lowest BCUT2D eigenvalue weighted by atomic mass is 10.00. The van der Waals surface area contributed by atoms with Crippen LogP contribution in [0.25, 0.3) is 42.6 Å². The van der Waals surface area contributed by atoms with Gasteiger partial charge in [-0.3, -0.25) is 9.89 Å². The largest absolute Gasteiger partial charge is 0.481 e. The van der Waals surface area contributed by atoms with Crippen molar-refractivity contribution in [2.24, 2.45) is 5.73 Å². The minimum atomic E-state index is -0.833. The molecule has 162 valence electrons. The van der Waals surface area contributed by atoms with Crippen LogP contribution in [0.1, 0.15) is 6.92 Å². The Balaban J connectivity index is 0.000000567. The summed E-state index contributed by atoms with van der Waals surface area (Å²) in [7, 11) is 0. The van der Waals surface area contributed by atoms with Crippen LogP contribution in [0.5, 0.6) is 0 Å². The molecule has 5 N–H and O–H groups in total. The Hall–Kier alpha value is -3.75. The number of H-pyrrole nitrogens is 1. The molecule has 3 aromatic heterocycles. The van der Waals surface area contributed by atoms with E-state index in [-0.39, 0.29) is 0 Å². The summed E-state index contributed by atoms with van der Waals surface area (Å²) in [5, 5.41) is 20.5. The number of carboxylic acid groups (broad SMARTS) is 1. The first-order valence-corrected chi connectivity index (χ1v) is 10.9. The van der Waals surface area contributed by atoms with E-state index in [4.69, 9.17) is 15.6 Å². The molecule has 0 atom stereocenters. The van der Waals surface area contributed by atoms with Gasteiger partial charge in [0, 0.05) is 52.3 Å². The van der Waals surface area contributed by atoms with E-state index >= 15 is 0 Å². The molecule has 0 bridgehead atoms. The molecule has 32 heavy (non-hydrogen) atoms. The van der Waals surface area contributed by atoms with Gasteiger partial charge in [0.2, 0.25) is 0 Å². The molecule has 0 radical (unpaired) electrons. The maximum absolute atomic E-state index is 9.00. The van der Waals surface area contributed by atoms with Gasteiger partial charge in [-0.1, -0.05) is 18.2 Å². The first kappa shape index (κ1) is 21.5. The molecular weight excluding hydrogens is 422 g/mol. The van der Waals surface area contributed by atoms with E-state index in [2.05, 4.69) is 69.0 Å². The predicted molar refractivity (Wildman–Crippen MR) is 131 cm³/mol. The van der Waals surface area contributed by atoms with Gasteiger partial charge in [0.05, 0.1) is 11.7 Å². The lowest BCUT2D eigenvalue weighted by Crippen LogP contribution is -2.14. The van der Waals surface area contributed by atoms with Crippen LogP contribution >= 0.6 is 11.3 Å². The molecule has 5 aromatic rings. The summed E-state index contributed by atoms with van der Waals surface area (Å²) in [5.41, 5.74) is 10.0. The summed E-state index contributed by atoms with van der Waals surface area (Å²) in [6, 6.07) is 19.1. The van der Waals surface area contributed by atoms with Gasteiger partial charge >= 0.3 is 0 Å². The van der Waals surface area contributed by atoms with Crippen LogP contribution in [0.15, 0.2) is 67.0 Å². The van der Waals surface area contributed by atoms with Crippen LogP contribution in [0.2, 0.25) is 0 Å². The van der Waals surface area contributed by atoms with Gasteiger partial charge in [-0.25, -0.2) is 4.98 Å². The second kappa shape index (κ2) is 9.59. The van der Waals surface area contributed by atoms with E-state index in [9.17, 15) is 0 Å². The normalized spacial score (nSPS) is 10.7. The van der Waals surface area contributed by atoms with Crippen LogP contribution in [0, 0.1) is 0 Å². The molecule has 0 aliphatic heterocycles. The third kappa shape index (κ3) is 4.61. The zero-order valence-corrected chi connectivity index (χ0v) is 18.3. The van der Waals surface area contributed by atoms with Crippen molar-refractivity contribution < 1.29 is 9.90 Å². The second-order valence-electron chi connectivity index (χ2n) is 7.14. The molecule has 8 heteroatoms. The Morgan fingerprint density at radius 1 is 1.12 bits per heavy atom. The summed E-state index contributed by atoms with van der Waals surface area (Å²) in [5.74, 6) is 0.0121. The lowest BCUT2D eigenvalue weighted by Gasteiger charge is -2.12. The highest BCUT2D eigenvalue weighted by atomic mass is 32.1. The Labute approximate surface area is 188 Å². The number of hydrogen-bond donors (Lipinski definition) is 4. The van der Waals surface area contributed by atoms with Crippen LogP contribution in [0.3, 0.4) is 0 Å².